The van der Waals surface area contributed by atoms with Gasteiger partial charge in [0.15, 0.2) is 0 Å². The van der Waals surface area contributed by atoms with Crippen LogP contribution in [0.3, 0.4) is 0 Å². The van der Waals surface area contributed by atoms with Crippen LogP contribution in [0.4, 0.5) is 15.8 Å². The van der Waals surface area contributed by atoms with Crippen LogP contribution in [0.2, 0.25) is 0 Å². The van der Waals surface area contributed by atoms with Gasteiger partial charge >= 0.3 is 0 Å². The first-order valence-electron chi connectivity index (χ1n) is 8.61. The molecule has 5 heteroatoms. The largest absolute Gasteiger partial charge is 0.325 e. The molecular formula is C20H19FN2O2. The molecule has 1 spiro atoms. The van der Waals surface area contributed by atoms with Crippen molar-refractivity contribution >= 4 is 23.2 Å². The molecule has 0 unspecified atom stereocenters. The van der Waals surface area contributed by atoms with E-state index in [9.17, 15) is 14.0 Å². The first-order valence-corrected chi connectivity index (χ1v) is 8.61. The highest BCUT2D eigenvalue weighted by molar-refractivity contribution is 6.08. The van der Waals surface area contributed by atoms with E-state index in [4.69, 9.17) is 0 Å². The first kappa shape index (κ1) is 15.8. The van der Waals surface area contributed by atoms with Crippen LogP contribution >= 0.6 is 0 Å². The fourth-order valence-electron chi connectivity index (χ4n) is 3.98. The first-order chi connectivity index (χ1) is 12.1. The maximum absolute atomic E-state index is 13.3. The van der Waals surface area contributed by atoms with Gasteiger partial charge < -0.3 is 10.6 Å². The third kappa shape index (κ3) is 2.69. The van der Waals surface area contributed by atoms with Gasteiger partial charge in [0.25, 0.3) is 5.91 Å². The van der Waals surface area contributed by atoms with E-state index in [2.05, 4.69) is 10.6 Å². The topological polar surface area (TPSA) is 58.2 Å². The molecule has 1 saturated carbocycles. The average Bonchev–Trinajstić information content (AvgIpc) is 2.87. The van der Waals surface area contributed by atoms with E-state index in [1.54, 1.807) is 12.1 Å². The molecule has 1 fully saturated rings. The highest BCUT2D eigenvalue weighted by Gasteiger charge is 2.47. The Balaban J connectivity index is 1.63. The summed E-state index contributed by atoms with van der Waals surface area (Å²) in [5, 5.41) is 5.78. The van der Waals surface area contributed by atoms with Gasteiger partial charge in [-0.2, -0.15) is 0 Å². The SMILES string of the molecule is O=C(Nc1ccc2c(c1)C1(CCCCC1)C(=O)N2)c1cccc(F)c1. The van der Waals surface area contributed by atoms with Gasteiger partial charge in [-0.15, -0.1) is 0 Å². The third-order valence-electron chi connectivity index (χ3n) is 5.27. The molecule has 2 amide bonds. The molecule has 1 aliphatic heterocycles. The van der Waals surface area contributed by atoms with Crippen LogP contribution < -0.4 is 10.6 Å². The summed E-state index contributed by atoms with van der Waals surface area (Å²) in [6.07, 6.45) is 4.90. The molecule has 0 aromatic heterocycles. The fraction of sp³-hybridized carbons (Fsp3) is 0.300. The average molecular weight is 338 g/mol. The Morgan fingerprint density at radius 1 is 1.08 bits per heavy atom. The second-order valence-electron chi connectivity index (χ2n) is 6.82. The van der Waals surface area contributed by atoms with Crippen molar-refractivity contribution in [3.05, 3.63) is 59.4 Å². The van der Waals surface area contributed by atoms with Crippen LogP contribution in [0.15, 0.2) is 42.5 Å². The molecule has 25 heavy (non-hydrogen) atoms. The van der Waals surface area contributed by atoms with Crippen LogP contribution in [0.5, 0.6) is 0 Å². The van der Waals surface area contributed by atoms with Crippen LogP contribution in [-0.4, -0.2) is 11.8 Å². The number of benzene rings is 2. The van der Waals surface area contributed by atoms with Gasteiger partial charge in [-0.05, 0) is 54.8 Å². The van der Waals surface area contributed by atoms with Crippen molar-refractivity contribution in [1.29, 1.82) is 0 Å². The molecule has 4 rings (SSSR count). The highest BCUT2D eigenvalue weighted by atomic mass is 19.1. The number of anilines is 2. The van der Waals surface area contributed by atoms with Gasteiger partial charge in [-0.3, -0.25) is 9.59 Å². The summed E-state index contributed by atoms with van der Waals surface area (Å²) in [6, 6.07) is 11.1. The Kier molecular flexibility index (Phi) is 3.79. The predicted octanol–water partition coefficient (Wildman–Crippen LogP) is 4.23. The summed E-state index contributed by atoms with van der Waals surface area (Å²) in [5.74, 6) is -0.747. The summed E-state index contributed by atoms with van der Waals surface area (Å²) in [5.41, 5.74) is 2.22. The Morgan fingerprint density at radius 3 is 2.64 bits per heavy atom. The van der Waals surface area contributed by atoms with Crippen molar-refractivity contribution in [2.45, 2.75) is 37.5 Å². The molecule has 128 valence electrons. The molecule has 2 N–H and O–H groups in total. The summed E-state index contributed by atoms with van der Waals surface area (Å²) in [4.78, 5) is 24.9. The van der Waals surface area contributed by atoms with Crippen LogP contribution in [0, 0.1) is 5.82 Å². The van der Waals surface area contributed by atoms with E-state index in [1.807, 2.05) is 12.1 Å². The second-order valence-corrected chi connectivity index (χ2v) is 6.82. The summed E-state index contributed by atoms with van der Waals surface area (Å²) in [6.45, 7) is 0. The maximum atomic E-state index is 13.3. The minimum atomic E-state index is -0.465. The number of hydrogen-bond acceptors (Lipinski definition) is 2. The molecule has 4 nitrogen and oxygen atoms in total. The molecular weight excluding hydrogens is 319 g/mol. The molecule has 1 heterocycles. The lowest BCUT2D eigenvalue weighted by atomic mass is 9.70. The minimum absolute atomic E-state index is 0.0656. The van der Waals surface area contributed by atoms with Gasteiger partial charge in [0.1, 0.15) is 5.82 Å². The quantitative estimate of drug-likeness (QED) is 0.861. The highest BCUT2D eigenvalue weighted by Crippen LogP contribution is 2.48. The number of halogens is 1. The zero-order chi connectivity index (χ0) is 17.4. The van der Waals surface area contributed by atoms with E-state index >= 15 is 0 Å². The van der Waals surface area contributed by atoms with Crippen LogP contribution in [0.25, 0.3) is 0 Å². The lowest BCUT2D eigenvalue weighted by Gasteiger charge is -2.31. The third-order valence-corrected chi connectivity index (χ3v) is 5.27. The molecule has 0 radical (unpaired) electrons. The fourth-order valence-corrected chi connectivity index (χ4v) is 3.98. The Bertz CT molecular complexity index is 857. The summed E-state index contributed by atoms with van der Waals surface area (Å²) in [7, 11) is 0. The summed E-state index contributed by atoms with van der Waals surface area (Å²) < 4.78 is 13.3. The molecule has 2 aliphatic rings. The van der Waals surface area contributed by atoms with Crippen molar-refractivity contribution < 1.29 is 14.0 Å². The van der Waals surface area contributed by atoms with Gasteiger partial charge in [0.2, 0.25) is 5.91 Å². The summed E-state index contributed by atoms with van der Waals surface area (Å²) >= 11 is 0. The van der Waals surface area contributed by atoms with Crippen molar-refractivity contribution in [2.24, 2.45) is 0 Å². The normalized spacial score (nSPS) is 17.9. The van der Waals surface area contributed by atoms with Gasteiger partial charge in [-0.25, -0.2) is 4.39 Å². The number of carbonyl (C=O) groups is 2. The Morgan fingerprint density at radius 2 is 1.88 bits per heavy atom. The van der Waals surface area contributed by atoms with E-state index in [-0.39, 0.29) is 17.4 Å². The number of carbonyl (C=O) groups excluding carboxylic acids is 2. The maximum Gasteiger partial charge on any atom is 0.255 e. The monoisotopic (exact) mass is 338 g/mol. The molecule has 2 aromatic carbocycles. The predicted molar refractivity (Wildman–Crippen MR) is 94.2 cm³/mol. The molecule has 0 saturated heterocycles. The lowest BCUT2D eigenvalue weighted by Crippen LogP contribution is -2.36. The van der Waals surface area contributed by atoms with Gasteiger partial charge in [-0.1, -0.05) is 25.3 Å². The number of amides is 2. The van der Waals surface area contributed by atoms with E-state index in [0.29, 0.717) is 5.69 Å². The van der Waals surface area contributed by atoms with E-state index in [0.717, 1.165) is 43.4 Å². The number of nitrogens with one attached hydrogen (secondary N) is 2. The number of rotatable bonds is 2. The lowest BCUT2D eigenvalue weighted by molar-refractivity contribution is -0.121. The van der Waals surface area contributed by atoms with Crippen molar-refractivity contribution in [1.82, 2.24) is 0 Å². The van der Waals surface area contributed by atoms with Gasteiger partial charge in [0.05, 0.1) is 5.41 Å². The minimum Gasteiger partial charge on any atom is -0.325 e. The van der Waals surface area contributed by atoms with Crippen molar-refractivity contribution in [3.63, 3.8) is 0 Å². The number of hydrogen-bond donors (Lipinski definition) is 2. The standard InChI is InChI=1S/C20H19FN2O2/c21-14-6-4-5-13(11-14)18(24)22-15-7-8-17-16(12-15)20(19(25)23-17)9-2-1-3-10-20/h4-8,11-12H,1-3,9-10H2,(H,22,24)(H,23,25). The Hall–Kier alpha value is -2.69. The molecule has 2 aromatic rings. The van der Waals surface area contributed by atoms with Crippen LogP contribution in [-0.2, 0) is 10.2 Å². The molecule has 1 aliphatic carbocycles. The van der Waals surface area contributed by atoms with Crippen LogP contribution in [0.1, 0.15) is 48.0 Å². The molecule has 0 bridgehead atoms. The van der Waals surface area contributed by atoms with E-state index < -0.39 is 11.2 Å². The zero-order valence-corrected chi connectivity index (χ0v) is 13.8. The van der Waals surface area contributed by atoms with E-state index in [1.165, 1.54) is 18.2 Å². The smallest absolute Gasteiger partial charge is 0.255 e. The van der Waals surface area contributed by atoms with Gasteiger partial charge in [0, 0.05) is 16.9 Å². The zero-order valence-electron chi connectivity index (χ0n) is 13.8. The number of fused-ring (bicyclic) bond motifs is 2. The molecule has 0 atom stereocenters. The second kappa shape index (κ2) is 5.99. The Labute approximate surface area is 145 Å². The van der Waals surface area contributed by atoms with Crippen molar-refractivity contribution in [3.8, 4) is 0 Å². The van der Waals surface area contributed by atoms with Crippen molar-refractivity contribution in [2.75, 3.05) is 10.6 Å².